The summed E-state index contributed by atoms with van der Waals surface area (Å²) >= 11 is 6.20. The van der Waals surface area contributed by atoms with Crippen LogP contribution in [0, 0.1) is 5.41 Å². The number of nitrogens with zero attached hydrogens (tertiary/aromatic N) is 3. The number of amides is 3. The Hall–Kier alpha value is -3.42. The fraction of sp³-hybridized carbons (Fsp3) is 0.441. The van der Waals surface area contributed by atoms with E-state index in [9.17, 15) is 14.4 Å². The van der Waals surface area contributed by atoms with E-state index in [1.165, 1.54) is 23.1 Å². The summed E-state index contributed by atoms with van der Waals surface area (Å²) in [6, 6.07) is 14.3. The Morgan fingerprint density at radius 3 is 2.52 bits per heavy atom. The average molecular weight is 585 g/mol. The number of allylic oxidation sites excluding steroid dienone is 1. The van der Waals surface area contributed by atoms with Crippen LogP contribution in [0.15, 0.2) is 60.4 Å². The molecule has 1 N–H and O–H groups in total. The van der Waals surface area contributed by atoms with Crippen LogP contribution in [0.4, 0.5) is 0 Å². The van der Waals surface area contributed by atoms with Gasteiger partial charge in [0, 0.05) is 66.5 Å². The Balaban J connectivity index is 1.05. The van der Waals surface area contributed by atoms with Crippen LogP contribution in [-0.2, 0) is 9.59 Å². The number of halogens is 1. The zero-order valence-electron chi connectivity index (χ0n) is 24.2. The van der Waals surface area contributed by atoms with Crippen LogP contribution in [0.1, 0.15) is 74.3 Å². The largest absolute Gasteiger partial charge is 0.341 e. The molecular formula is C34H37ClN4O3. The number of nitrogens with one attached hydrogen (secondary N) is 1. The van der Waals surface area contributed by atoms with Crippen molar-refractivity contribution in [2.24, 2.45) is 5.41 Å². The molecular weight excluding hydrogens is 548 g/mol. The van der Waals surface area contributed by atoms with E-state index in [1.54, 1.807) is 0 Å². The van der Waals surface area contributed by atoms with E-state index >= 15 is 0 Å². The molecule has 0 saturated carbocycles. The maximum Gasteiger partial charge on any atom is 0.254 e. The fourth-order valence-electron chi connectivity index (χ4n) is 7.51. The first-order valence-electron chi connectivity index (χ1n) is 15.1. The molecule has 3 amide bonds. The molecule has 2 aromatic carbocycles. The maximum atomic E-state index is 13.7. The Kier molecular flexibility index (Phi) is 6.78. The van der Waals surface area contributed by atoms with Crippen molar-refractivity contribution in [2.45, 2.75) is 70.5 Å². The molecule has 3 aliphatic heterocycles. The Morgan fingerprint density at radius 1 is 1.00 bits per heavy atom. The van der Waals surface area contributed by atoms with Crippen molar-refractivity contribution < 1.29 is 14.4 Å². The standard InChI is InChI=1S/C34H37ClN4O3/c1-34(2)12-11-24(29(15-34)21-5-7-26(35)8-6-21)17-37-19-28-14-27(37)20-39(28)33(42)22-3-4-23-16-38(18-25(23)13-22)30-9-10-31(40)36-32(30)41/h3-8,13,16,18,27-28,30H,9-12,14-15,17,19-20H2,1-2H3,(H,36,40,41)/t27-,28-,30?/m1/s1. The summed E-state index contributed by atoms with van der Waals surface area (Å²) in [5.74, 6) is -0.410. The normalized spacial score (nSPS) is 25.9. The molecule has 7 rings (SSSR count). The number of likely N-dealkylation sites (tertiary alicyclic amines) is 2. The molecule has 1 unspecified atom stereocenters. The summed E-state index contributed by atoms with van der Waals surface area (Å²) in [6.45, 7) is 7.36. The number of carbonyl (C=O) groups is 3. The van der Waals surface area contributed by atoms with Crippen molar-refractivity contribution in [3.05, 3.63) is 76.6 Å². The highest BCUT2D eigenvalue weighted by Gasteiger charge is 2.45. The van der Waals surface area contributed by atoms with Gasteiger partial charge in [-0.1, -0.05) is 49.2 Å². The van der Waals surface area contributed by atoms with Gasteiger partial charge in [-0.3, -0.25) is 24.6 Å². The summed E-state index contributed by atoms with van der Waals surface area (Å²) in [5, 5.41) is 5.10. The van der Waals surface area contributed by atoms with Crippen LogP contribution in [-0.4, -0.2) is 63.8 Å². The third kappa shape index (κ3) is 5.07. The first-order chi connectivity index (χ1) is 20.1. The van der Waals surface area contributed by atoms with Crippen LogP contribution in [0.2, 0.25) is 5.02 Å². The Labute approximate surface area is 251 Å². The van der Waals surface area contributed by atoms with Gasteiger partial charge in [-0.05, 0) is 78.3 Å². The molecule has 3 atom stereocenters. The molecule has 1 aliphatic carbocycles. The number of carbonyl (C=O) groups excluding carboxylic acids is 3. The monoisotopic (exact) mass is 584 g/mol. The second-order valence-corrected chi connectivity index (χ2v) is 13.8. The van der Waals surface area contributed by atoms with Crippen molar-refractivity contribution in [3.8, 4) is 0 Å². The number of piperazine rings is 1. The predicted octanol–water partition coefficient (Wildman–Crippen LogP) is 5.84. The van der Waals surface area contributed by atoms with Gasteiger partial charge in [-0.15, -0.1) is 0 Å². The van der Waals surface area contributed by atoms with Gasteiger partial charge < -0.3 is 9.47 Å². The van der Waals surface area contributed by atoms with Crippen molar-refractivity contribution in [3.63, 3.8) is 0 Å². The molecule has 8 heteroatoms. The molecule has 3 saturated heterocycles. The number of aromatic nitrogens is 1. The van der Waals surface area contributed by atoms with Gasteiger partial charge in [0.05, 0.1) is 0 Å². The lowest BCUT2D eigenvalue weighted by atomic mass is 9.72. The van der Waals surface area contributed by atoms with Gasteiger partial charge in [0.15, 0.2) is 0 Å². The lowest BCUT2D eigenvalue weighted by Crippen LogP contribution is -2.49. The SMILES string of the molecule is CC1(C)CCC(CN2C[C@H]3C[C@@H]2CN3C(=O)c2ccc3cn(C4CCC(=O)NC4=O)cc3c2)=C(c2ccc(Cl)cc2)C1. The second-order valence-electron chi connectivity index (χ2n) is 13.4. The topological polar surface area (TPSA) is 74.7 Å². The first-order valence-corrected chi connectivity index (χ1v) is 15.5. The van der Waals surface area contributed by atoms with Crippen molar-refractivity contribution >= 4 is 45.7 Å². The third-order valence-electron chi connectivity index (χ3n) is 9.87. The number of hydrogen-bond acceptors (Lipinski definition) is 4. The zero-order chi connectivity index (χ0) is 29.2. The zero-order valence-corrected chi connectivity index (χ0v) is 25.0. The Morgan fingerprint density at radius 2 is 1.79 bits per heavy atom. The lowest BCUT2D eigenvalue weighted by Gasteiger charge is -2.38. The molecule has 3 fully saturated rings. The molecule has 0 spiro atoms. The lowest BCUT2D eigenvalue weighted by molar-refractivity contribution is -0.135. The van der Waals surface area contributed by atoms with Crippen LogP contribution in [0.25, 0.3) is 16.3 Å². The van der Waals surface area contributed by atoms with E-state index in [0.717, 1.165) is 54.7 Å². The highest BCUT2D eigenvalue weighted by molar-refractivity contribution is 6.30. The summed E-state index contributed by atoms with van der Waals surface area (Å²) < 4.78 is 1.87. The fourth-order valence-corrected chi connectivity index (χ4v) is 7.63. The van der Waals surface area contributed by atoms with Gasteiger partial charge in [-0.2, -0.15) is 0 Å². The summed E-state index contributed by atoms with van der Waals surface area (Å²) in [4.78, 5) is 42.3. The first kappa shape index (κ1) is 27.4. The summed E-state index contributed by atoms with van der Waals surface area (Å²) in [6.07, 6.45) is 9.07. The van der Waals surface area contributed by atoms with E-state index in [2.05, 4.69) is 41.1 Å². The van der Waals surface area contributed by atoms with Crippen LogP contribution in [0.3, 0.4) is 0 Å². The summed E-state index contributed by atoms with van der Waals surface area (Å²) in [7, 11) is 0. The van der Waals surface area contributed by atoms with E-state index < -0.39 is 6.04 Å². The number of rotatable bonds is 5. The quantitative estimate of drug-likeness (QED) is 0.383. The molecule has 42 heavy (non-hydrogen) atoms. The minimum absolute atomic E-state index is 0.0818. The van der Waals surface area contributed by atoms with Crippen LogP contribution < -0.4 is 5.32 Å². The molecule has 1 aromatic heterocycles. The molecule has 2 bridgehead atoms. The van der Waals surface area contributed by atoms with E-state index in [1.807, 2.05) is 47.3 Å². The number of fused-ring (bicyclic) bond motifs is 3. The highest BCUT2D eigenvalue weighted by Crippen LogP contribution is 2.44. The minimum Gasteiger partial charge on any atom is -0.341 e. The van der Waals surface area contributed by atoms with Gasteiger partial charge in [0.25, 0.3) is 5.91 Å². The molecule has 4 aliphatic rings. The number of piperidine rings is 1. The van der Waals surface area contributed by atoms with Crippen molar-refractivity contribution in [2.75, 3.05) is 19.6 Å². The van der Waals surface area contributed by atoms with Crippen LogP contribution >= 0.6 is 11.6 Å². The van der Waals surface area contributed by atoms with Gasteiger partial charge in [0.1, 0.15) is 6.04 Å². The summed E-state index contributed by atoms with van der Waals surface area (Å²) in [5.41, 5.74) is 5.26. The highest BCUT2D eigenvalue weighted by atomic mass is 35.5. The molecule has 218 valence electrons. The molecule has 3 aromatic rings. The van der Waals surface area contributed by atoms with Gasteiger partial charge >= 0.3 is 0 Å². The van der Waals surface area contributed by atoms with Crippen molar-refractivity contribution in [1.82, 2.24) is 19.7 Å². The number of hydrogen-bond donors (Lipinski definition) is 1. The predicted molar refractivity (Wildman–Crippen MR) is 164 cm³/mol. The molecule has 0 radical (unpaired) electrons. The maximum absolute atomic E-state index is 13.7. The molecule has 7 nitrogen and oxygen atoms in total. The average Bonchev–Trinajstić information content (AvgIpc) is 3.68. The van der Waals surface area contributed by atoms with E-state index in [-0.39, 0.29) is 29.2 Å². The third-order valence-corrected chi connectivity index (χ3v) is 10.1. The minimum atomic E-state index is -0.403. The van der Waals surface area contributed by atoms with Gasteiger partial charge in [-0.25, -0.2) is 0 Å². The smallest absolute Gasteiger partial charge is 0.254 e. The van der Waals surface area contributed by atoms with Crippen molar-refractivity contribution in [1.29, 1.82) is 0 Å². The van der Waals surface area contributed by atoms with E-state index in [0.29, 0.717) is 24.4 Å². The van der Waals surface area contributed by atoms with Crippen LogP contribution in [0.5, 0.6) is 0 Å². The number of benzene rings is 2. The van der Waals surface area contributed by atoms with E-state index in [4.69, 9.17) is 11.6 Å². The number of imide groups is 1. The Bertz CT molecular complexity index is 1620. The second kappa shape index (κ2) is 10.4. The molecule has 4 heterocycles. The van der Waals surface area contributed by atoms with Gasteiger partial charge in [0.2, 0.25) is 11.8 Å².